The fraction of sp³-hybridized carbons (Fsp3) is 0.625. The second kappa shape index (κ2) is 7.98. The first kappa shape index (κ1) is 16.5. The molecule has 1 fully saturated rings. The average molecular weight is 306 g/mol. The first-order valence-corrected chi connectivity index (χ1v) is 7.99. The summed E-state index contributed by atoms with van der Waals surface area (Å²) in [6.45, 7) is 6.70. The molecule has 0 bridgehead atoms. The van der Waals surface area contributed by atoms with Crippen LogP contribution in [0.2, 0.25) is 0 Å². The molecule has 0 saturated carbocycles. The van der Waals surface area contributed by atoms with Crippen molar-refractivity contribution in [1.82, 2.24) is 15.2 Å². The first-order valence-electron chi connectivity index (χ1n) is 7.99. The Bertz CT molecular complexity index is 487. The van der Waals surface area contributed by atoms with Crippen LogP contribution < -0.4 is 10.2 Å². The van der Waals surface area contributed by atoms with Crippen LogP contribution in [0.3, 0.4) is 0 Å². The number of aliphatic hydroxyl groups is 1. The number of amides is 2. The maximum Gasteiger partial charge on any atom is 0.317 e. The third kappa shape index (κ3) is 4.34. The molecule has 1 aliphatic heterocycles. The van der Waals surface area contributed by atoms with Crippen LogP contribution >= 0.6 is 0 Å². The number of piperidine rings is 1. The van der Waals surface area contributed by atoms with Gasteiger partial charge in [-0.25, -0.2) is 9.78 Å². The Balaban J connectivity index is 1.83. The summed E-state index contributed by atoms with van der Waals surface area (Å²) in [6.07, 6.45) is 1.83. The molecule has 6 heteroatoms. The summed E-state index contributed by atoms with van der Waals surface area (Å²) in [4.78, 5) is 20.6. The average Bonchev–Trinajstić information content (AvgIpc) is 2.53. The number of anilines is 1. The molecule has 0 aromatic carbocycles. The molecule has 0 unspecified atom stereocenters. The molecule has 1 saturated heterocycles. The van der Waals surface area contributed by atoms with Crippen LogP contribution in [0.15, 0.2) is 18.2 Å². The number of hydrogen-bond acceptors (Lipinski definition) is 4. The lowest BCUT2D eigenvalue weighted by Crippen LogP contribution is -2.50. The SMILES string of the molecule is CCN(CCO)C(=O)NC1CCN(c2cccc(C)n2)CC1. The predicted octanol–water partition coefficient (Wildman–Crippen LogP) is 1.38. The van der Waals surface area contributed by atoms with Gasteiger partial charge >= 0.3 is 6.03 Å². The lowest BCUT2D eigenvalue weighted by Gasteiger charge is -2.34. The van der Waals surface area contributed by atoms with Crippen molar-refractivity contribution in [3.05, 3.63) is 23.9 Å². The summed E-state index contributed by atoms with van der Waals surface area (Å²) in [7, 11) is 0. The highest BCUT2D eigenvalue weighted by Crippen LogP contribution is 2.18. The number of aliphatic hydroxyl groups excluding tert-OH is 1. The highest BCUT2D eigenvalue weighted by Gasteiger charge is 2.23. The predicted molar refractivity (Wildman–Crippen MR) is 87.1 cm³/mol. The lowest BCUT2D eigenvalue weighted by molar-refractivity contribution is 0.175. The van der Waals surface area contributed by atoms with E-state index in [9.17, 15) is 4.79 Å². The number of carbonyl (C=O) groups is 1. The highest BCUT2D eigenvalue weighted by atomic mass is 16.3. The zero-order valence-corrected chi connectivity index (χ0v) is 13.5. The normalized spacial score (nSPS) is 15.7. The van der Waals surface area contributed by atoms with Crippen molar-refractivity contribution in [2.24, 2.45) is 0 Å². The van der Waals surface area contributed by atoms with Crippen molar-refractivity contribution in [2.75, 3.05) is 37.7 Å². The van der Waals surface area contributed by atoms with Gasteiger partial charge in [0.2, 0.25) is 0 Å². The molecule has 0 aliphatic carbocycles. The van der Waals surface area contributed by atoms with Crippen LogP contribution in [0.1, 0.15) is 25.5 Å². The summed E-state index contributed by atoms with van der Waals surface area (Å²) in [5, 5.41) is 12.0. The van der Waals surface area contributed by atoms with E-state index in [2.05, 4.69) is 15.2 Å². The van der Waals surface area contributed by atoms with Crippen LogP contribution in [-0.2, 0) is 0 Å². The number of nitrogens with one attached hydrogen (secondary N) is 1. The molecular weight excluding hydrogens is 280 g/mol. The Kier molecular flexibility index (Phi) is 6.00. The number of hydrogen-bond donors (Lipinski definition) is 2. The van der Waals surface area contributed by atoms with Gasteiger partial charge in [-0.15, -0.1) is 0 Å². The second-order valence-corrected chi connectivity index (χ2v) is 5.65. The summed E-state index contributed by atoms with van der Waals surface area (Å²) < 4.78 is 0. The second-order valence-electron chi connectivity index (χ2n) is 5.65. The summed E-state index contributed by atoms with van der Waals surface area (Å²) >= 11 is 0. The summed E-state index contributed by atoms with van der Waals surface area (Å²) in [5.41, 5.74) is 1.02. The maximum atomic E-state index is 12.1. The van der Waals surface area contributed by atoms with Crippen molar-refractivity contribution >= 4 is 11.8 Å². The number of pyridine rings is 1. The molecule has 1 aromatic heterocycles. The Morgan fingerprint density at radius 2 is 2.18 bits per heavy atom. The van der Waals surface area contributed by atoms with Crippen LogP contribution in [0.4, 0.5) is 10.6 Å². The molecule has 2 heterocycles. The molecule has 0 atom stereocenters. The molecule has 122 valence electrons. The van der Waals surface area contributed by atoms with Crippen LogP contribution in [0.25, 0.3) is 0 Å². The molecule has 0 spiro atoms. The molecular formula is C16H26N4O2. The maximum absolute atomic E-state index is 12.1. The van der Waals surface area contributed by atoms with E-state index in [1.807, 2.05) is 32.0 Å². The van der Waals surface area contributed by atoms with Crippen molar-refractivity contribution < 1.29 is 9.90 Å². The Labute approximate surface area is 132 Å². The Hall–Kier alpha value is -1.82. The minimum Gasteiger partial charge on any atom is -0.395 e. The molecule has 22 heavy (non-hydrogen) atoms. The van der Waals surface area contributed by atoms with Gasteiger partial charge < -0.3 is 20.2 Å². The molecule has 6 nitrogen and oxygen atoms in total. The van der Waals surface area contributed by atoms with Crippen LogP contribution in [-0.4, -0.2) is 59.8 Å². The minimum atomic E-state index is -0.0799. The molecule has 1 aromatic rings. The van der Waals surface area contributed by atoms with Crippen molar-refractivity contribution in [3.63, 3.8) is 0 Å². The number of aryl methyl sites for hydroxylation is 1. The quantitative estimate of drug-likeness (QED) is 0.862. The van der Waals surface area contributed by atoms with E-state index in [0.717, 1.165) is 37.4 Å². The molecule has 2 amide bonds. The monoisotopic (exact) mass is 306 g/mol. The number of rotatable bonds is 5. The number of likely N-dealkylation sites (N-methyl/N-ethyl adjacent to an activating group) is 1. The van der Waals surface area contributed by atoms with E-state index in [1.54, 1.807) is 4.90 Å². The Morgan fingerprint density at radius 3 is 2.77 bits per heavy atom. The smallest absolute Gasteiger partial charge is 0.317 e. The van der Waals surface area contributed by atoms with Gasteiger partial charge in [0.05, 0.1) is 6.61 Å². The van der Waals surface area contributed by atoms with E-state index >= 15 is 0 Å². The van der Waals surface area contributed by atoms with Crippen LogP contribution in [0.5, 0.6) is 0 Å². The van der Waals surface area contributed by atoms with Gasteiger partial charge in [0.25, 0.3) is 0 Å². The fourth-order valence-corrected chi connectivity index (χ4v) is 2.75. The van der Waals surface area contributed by atoms with Gasteiger partial charge in [-0.3, -0.25) is 0 Å². The van der Waals surface area contributed by atoms with Crippen molar-refractivity contribution in [2.45, 2.75) is 32.7 Å². The Morgan fingerprint density at radius 1 is 1.45 bits per heavy atom. The van der Waals surface area contributed by atoms with Gasteiger partial charge in [-0.2, -0.15) is 0 Å². The van der Waals surface area contributed by atoms with E-state index in [0.29, 0.717) is 13.1 Å². The zero-order valence-electron chi connectivity index (χ0n) is 13.5. The number of nitrogens with zero attached hydrogens (tertiary/aromatic N) is 3. The number of urea groups is 1. The fourth-order valence-electron chi connectivity index (χ4n) is 2.75. The van der Waals surface area contributed by atoms with E-state index in [4.69, 9.17) is 5.11 Å². The molecule has 0 radical (unpaired) electrons. The lowest BCUT2D eigenvalue weighted by atomic mass is 10.1. The van der Waals surface area contributed by atoms with E-state index in [1.165, 1.54) is 0 Å². The summed E-state index contributed by atoms with van der Waals surface area (Å²) in [6, 6.07) is 6.17. The highest BCUT2D eigenvalue weighted by molar-refractivity contribution is 5.74. The third-order valence-corrected chi connectivity index (χ3v) is 4.06. The van der Waals surface area contributed by atoms with Gasteiger partial charge in [0, 0.05) is 37.9 Å². The third-order valence-electron chi connectivity index (χ3n) is 4.06. The van der Waals surface area contributed by atoms with Gasteiger partial charge in [-0.1, -0.05) is 6.07 Å². The van der Waals surface area contributed by atoms with Gasteiger partial charge in [-0.05, 0) is 38.8 Å². The van der Waals surface area contributed by atoms with Crippen molar-refractivity contribution in [1.29, 1.82) is 0 Å². The molecule has 1 aliphatic rings. The summed E-state index contributed by atoms with van der Waals surface area (Å²) in [5.74, 6) is 1.01. The minimum absolute atomic E-state index is 0.00126. The van der Waals surface area contributed by atoms with Gasteiger partial charge in [0.1, 0.15) is 5.82 Å². The zero-order chi connectivity index (χ0) is 15.9. The van der Waals surface area contributed by atoms with Gasteiger partial charge in [0.15, 0.2) is 0 Å². The van der Waals surface area contributed by atoms with E-state index < -0.39 is 0 Å². The molecule has 2 rings (SSSR count). The van der Waals surface area contributed by atoms with E-state index in [-0.39, 0.29) is 18.7 Å². The largest absolute Gasteiger partial charge is 0.395 e. The number of aromatic nitrogens is 1. The first-order chi connectivity index (χ1) is 10.6. The molecule has 2 N–H and O–H groups in total. The standard InChI is InChI=1S/C16H26N4O2/c1-3-19(11-12-21)16(22)18-14-7-9-20(10-8-14)15-6-4-5-13(2)17-15/h4-6,14,21H,3,7-12H2,1-2H3,(H,18,22). The number of carbonyl (C=O) groups excluding carboxylic acids is 1. The topological polar surface area (TPSA) is 68.7 Å². The van der Waals surface area contributed by atoms with Crippen LogP contribution in [0, 0.1) is 6.92 Å². The van der Waals surface area contributed by atoms with Crippen molar-refractivity contribution in [3.8, 4) is 0 Å².